The van der Waals surface area contributed by atoms with E-state index in [-0.39, 0.29) is 0 Å². The number of hydrogen-bond donors (Lipinski definition) is 1. The van der Waals surface area contributed by atoms with E-state index < -0.39 is 0 Å². The molecule has 0 radical (unpaired) electrons. The van der Waals surface area contributed by atoms with E-state index in [1.807, 2.05) is 12.1 Å². The van der Waals surface area contributed by atoms with Crippen LogP contribution in [0.15, 0.2) is 63.7 Å². The second kappa shape index (κ2) is 7.87. The van der Waals surface area contributed by atoms with Gasteiger partial charge in [-0.1, -0.05) is 29.8 Å². The van der Waals surface area contributed by atoms with Gasteiger partial charge in [-0.05, 0) is 49.6 Å². The van der Waals surface area contributed by atoms with Gasteiger partial charge in [0.1, 0.15) is 0 Å². The third-order valence-electron chi connectivity index (χ3n) is 3.80. The number of hydrogen-bond acceptors (Lipinski definition) is 4. The molecule has 0 amide bonds. The molecule has 1 nitrogen and oxygen atoms in total. The fraction of sp³-hybridized carbons (Fsp3) is 0.158. The summed E-state index contributed by atoms with van der Waals surface area (Å²) in [5, 5.41) is 0.771. The Bertz CT molecular complexity index is 830. The summed E-state index contributed by atoms with van der Waals surface area (Å²) in [5.74, 6) is 0. The van der Waals surface area contributed by atoms with Crippen molar-refractivity contribution >= 4 is 58.7 Å². The van der Waals surface area contributed by atoms with Crippen molar-refractivity contribution in [3.8, 4) is 10.4 Å². The summed E-state index contributed by atoms with van der Waals surface area (Å²) in [6.07, 6.45) is 2.10. The maximum Gasteiger partial charge on any atom is 0.0574 e. The van der Waals surface area contributed by atoms with E-state index in [1.54, 1.807) is 23.1 Å². The molecule has 0 aliphatic rings. The van der Waals surface area contributed by atoms with Gasteiger partial charge in [0.15, 0.2) is 0 Å². The van der Waals surface area contributed by atoms with Crippen molar-refractivity contribution in [1.29, 1.82) is 0 Å². The minimum Gasteiger partial charge on any atom is -0.341 e. The lowest BCUT2D eigenvalue weighted by molar-refractivity contribution is 1.01. The van der Waals surface area contributed by atoms with Crippen molar-refractivity contribution in [3.05, 3.63) is 59.6 Å². The van der Waals surface area contributed by atoms with Gasteiger partial charge in [-0.15, -0.1) is 35.7 Å². The lowest BCUT2D eigenvalue weighted by Gasteiger charge is -2.26. The van der Waals surface area contributed by atoms with Crippen LogP contribution in [-0.4, -0.2) is 12.8 Å². The molecule has 0 fully saturated rings. The van der Waals surface area contributed by atoms with Crippen LogP contribution in [0.1, 0.15) is 6.92 Å². The van der Waals surface area contributed by atoms with Gasteiger partial charge in [-0.25, -0.2) is 0 Å². The average Bonchev–Trinajstić information content (AvgIpc) is 3.03. The third-order valence-corrected chi connectivity index (χ3v) is 6.22. The predicted molar refractivity (Wildman–Crippen MR) is 113 cm³/mol. The summed E-state index contributed by atoms with van der Waals surface area (Å²) in [5.41, 5.74) is 3.39. The zero-order chi connectivity index (χ0) is 17.1. The number of halogens is 1. The SMILES string of the molecule is CCN(c1ccccc1)c1cc(Cl)c(-c2ccc(S)s2)cc1SC. The van der Waals surface area contributed by atoms with Crippen molar-refractivity contribution in [1.82, 2.24) is 0 Å². The smallest absolute Gasteiger partial charge is 0.0574 e. The molecule has 0 bridgehead atoms. The highest BCUT2D eigenvalue weighted by Crippen LogP contribution is 2.42. The Balaban J connectivity index is 2.10. The number of anilines is 2. The Kier molecular flexibility index (Phi) is 5.82. The first kappa shape index (κ1) is 17.7. The first-order valence-corrected chi connectivity index (χ1v) is 10.5. The summed E-state index contributed by atoms with van der Waals surface area (Å²) < 4.78 is 0.996. The molecule has 0 saturated carbocycles. The minimum absolute atomic E-state index is 0.771. The Morgan fingerprint density at radius 2 is 1.88 bits per heavy atom. The maximum atomic E-state index is 6.64. The molecule has 3 rings (SSSR count). The predicted octanol–water partition coefficient (Wildman–Crippen LogP) is 7.24. The van der Waals surface area contributed by atoms with Crippen molar-refractivity contribution in [2.45, 2.75) is 16.0 Å². The van der Waals surface area contributed by atoms with Crippen LogP contribution in [0.5, 0.6) is 0 Å². The molecular weight excluding hydrogens is 374 g/mol. The molecule has 1 heterocycles. The highest BCUT2D eigenvalue weighted by atomic mass is 35.5. The Hall–Kier alpha value is -1.07. The van der Waals surface area contributed by atoms with Gasteiger partial charge >= 0.3 is 0 Å². The van der Waals surface area contributed by atoms with Crippen LogP contribution in [0, 0.1) is 0 Å². The van der Waals surface area contributed by atoms with Gasteiger partial charge in [-0.3, -0.25) is 0 Å². The summed E-state index contributed by atoms with van der Waals surface area (Å²) in [6.45, 7) is 3.04. The molecule has 2 aromatic carbocycles. The van der Waals surface area contributed by atoms with E-state index in [4.69, 9.17) is 11.6 Å². The van der Waals surface area contributed by atoms with E-state index in [0.29, 0.717) is 0 Å². The monoisotopic (exact) mass is 391 g/mol. The number of thioether (sulfide) groups is 1. The number of thiol groups is 1. The van der Waals surface area contributed by atoms with Crippen LogP contribution in [0.3, 0.4) is 0 Å². The van der Waals surface area contributed by atoms with E-state index >= 15 is 0 Å². The molecule has 0 spiro atoms. The van der Waals surface area contributed by atoms with Crippen molar-refractivity contribution in [2.75, 3.05) is 17.7 Å². The average molecular weight is 392 g/mol. The van der Waals surface area contributed by atoms with Gasteiger partial charge in [0.25, 0.3) is 0 Å². The maximum absolute atomic E-state index is 6.64. The van der Waals surface area contributed by atoms with E-state index in [1.165, 1.54) is 10.6 Å². The van der Waals surface area contributed by atoms with Crippen LogP contribution in [0.4, 0.5) is 11.4 Å². The molecule has 0 aliphatic heterocycles. The number of nitrogens with zero attached hydrogens (tertiary/aromatic N) is 1. The summed E-state index contributed by atoms with van der Waals surface area (Å²) in [6, 6.07) is 18.8. The second-order valence-electron chi connectivity index (χ2n) is 5.22. The second-order valence-corrected chi connectivity index (χ2v) is 8.35. The van der Waals surface area contributed by atoms with Gasteiger partial charge < -0.3 is 4.90 Å². The van der Waals surface area contributed by atoms with Crippen LogP contribution in [0.2, 0.25) is 5.02 Å². The van der Waals surface area contributed by atoms with Gasteiger partial charge in [0.05, 0.1) is 14.9 Å². The number of rotatable bonds is 5. The number of benzene rings is 2. The fourth-order valence-electron chi connectivity index (χ4n) is 2.68. The Morgan fingerprint density at radius 3 is 2.46 bits per heavy atom. The van der Waals surface area contributed by atoms with E-state index in [9.17, 15) is 0 Å². The first-order valence-electron chi connectivity index (χ1n) is 7.63. The Morgan fingerprint density at radius 1 is 1.12 bits per heavy atom. The molecule has 1 aromatic heterocycles. The third kappa shape index (κ3) is 3.62. The van der Waals surface area contributed by atoms with Crippen molar-refractivity contribution < 1.29 is 0 Å². The standard InChI is InChI=1S/C19H18ClNS3/c1-3-21(13-7-5-4-6-8-13)16-12-15(20)14(11-18(16)23-2)17-9-10-19(22)24-17/h4-12,22H,3H2,1-2H3. The van der Waals surface area contributed by atoms with Gasteiger partial charge in [0, 0.05) is 27.6 Å². The molecular formula is C19H18ClNS3. The molecule has 24 heavy (non-hydrogen) atoms. The molecule has 0 atom stereocenters. The molecule has 0 saturated heterocycles. The summed E-state index contributed by atoms with van der Waals surface area (Å²) in [4.78, 5) is 4.66. The van der Waals surface area contributed by atoms with Crippen molar-refractivity contribution in [3.63, 3.8) is 0 Å². The van der Waals surface area contributed by atoms with Gasteiger partial charge in [-0.2, -0.15) is 0 Å². The molecule has 5 heteroatoms. The summed E-state index contributed by atoms with van der Waals surface area (Å²) >= 11 is 14.4. The normalized spacial score (nSPS) is 10.8. The largest absolute Gasteiger partial charge is 0.341 e. The van der Waals surface area contributed by atoms with Crippen LogP contribution in [0.25, 0.3) is 10.4 Å². The first-order chi connectivity index (χ1) is 11.6. The highest BCUT2D eigenvalue weighted by molar-refractivity contribution is 7.98. The lowest BCUT2D eigenvalue weighted by Crippen LogP contribution is -2.16. The molecule has 0 unspecified atom stereocenters. The lowest BCUT2D eigenvalue weighted by atomic mass is 10.1. The van der Waals surface area contributed by atoms with Gasteiger partial charge in [0.2, 0.25) is 0 Å². The zero-order valence-electron chi connectivity index (χ0n) is 13.5. The quantitative estimate of drug-likeness (QED) is 0.360. The Labute approximate surface area is 162 Å². The molecule has 124 valence electrons. The van der Waals surface area contributed by atoms with Crippen LogP contribution < -0.4 is 4.90 Å². The van der Waals surface area contributed by atoms with Crippen LogP contribution in [-0.2, 0) is 0 Å². The zero-order valence-corrected chi connectivity index (χ0v) is 16.8. The molecule has 3 aromatic rings. The van der Waals surface area contributed by atoms with Crippen LogP contribution >= 0.6 is 47.3 Å². The van der Waals surface area contributed by atoms with E-state index in [0.717, 1.165) is 31.9 Å². The highest BCUT2D eigenvalue weighted by Gasteiger charge is 2.16. The van der Waals surface area contributed by atoms with Crippen molar-refractivity contribution in [2.24, 2.45) is 0 Å². The number of para-hydroxylation sites is 1. The number of thiophene rings is 1. The topological polar surface area (TPSA) is 3.24 Å². The fourth-order valence-corrected chi connectivity index (χ4v) is 4.75. The minimum atomic E-state index is 0.771. The molecule has 0 N–H and O–H groups in total. The van der Waals surface area contributed by atoms with E-state index in [2.05, 4.69) is 73.2 Å². The molecule has 0 aliphatic carbocycles. The summed E-state index contributed by atoms with van der Waals surface area (Å²) in [7, 11) is 0.